The van der Waals surface area contributed by atoms with Crippen LogP contribution in [0.25, 0.3) is 0 Å². The van der Waals surface area contributed by atoms with Gasteiger partial charge in [-0.25, -0.2) is 0 Å². The van der Waals surface area contributed by atoms with Gasteiger partial charge >= 0.3 is 0 Å². The molecular formula is C16H23Cl2NO3. The maximum Gasteiger partial charge on any atom is 0.157 e. The van der Waals surface area contributed by atoms with Crippen LogP contribution in [0.1, 0.15) is 31.2 Å². The van der Waals surface area contributed by atoms with Crippen molar-refractivity contribution in [2.45, 2.75) is 37.4 Å². The van der Waals surface area contributed by atoms with E-state index in [1.54, 1.807) is 12.1 Å². The molecule has 0 aromatic heterocycles. The van der Waals surface area contributed by atoms with Gasteiger partial charge in [-0.05, 0) is 43.4 Å². The van der Waals surface area contributed by atoms with Gasteiger partial charge in [-0.15, -0.1) is 0 Å². The van der Waals surface area contributed by atoms with E-state index in [1.165, 1.54) is 0 Å². The highest BCUT2D eigenvalue weighted by Crippen LogP contribution is 2.32. The largest absolute Gasteiger partial charge is 0.395 e. The second kappa shape index (κ2) is 8.48. The molecule has 22 heavy (non-hydrogen) atoms. The average Bonchev–Trinajstić information content (AvgIpc) is 2.56. The Bertz CT molecular complexity index is 474. The topological polar surface area (TPSA) is 64.7 Å². The van der Waals surface area contributed by atoms with Gasteiger partial charge in [0.05, 0.1) is 23.3 Å². The van der Waals surface area contributed by atoms with Gasteiger partial charge in [0.2, 0.25) is 0 Å². The predicted molar refractivity (Wildman–Crippen MR) is 88.4 cm³/mol. The second-order valence-electron chi connectivity index (χ2n) is 5.69. The third kappa shape index (κ3) is 4.34. The van der Waals surface area contributed by atoms with Gasteiger partial charge in [0, 0.05) is 18.6 Å². The number of halogens is 2. The molecule has 1 fully saturated rings. The van der Waals surface area contributed by atoms with Crippen LogP contribution in [0.3, 0.4) is 0 Å². The Labute approximate surface area is 141 Å². The Kier molecular flexibility index (Phi) is 6.93. The molecule has 0 aliphatic carbocycles. The molecule has 0 spiro atoms. The average molecular weight is 348 g/mol. The number of ether oxygens (including phenoxy) is 2. The van der Waals surface area contributed by atoms with Crippen molar-refractivity contribution in [1.29, 1.82) is 0 Å². The fraction of sp³-hybridized carbons (Fsp3) is 0.625. The smallest absolute Gasteiger partial charge is 0.157 e. The van der Waals surface area contributed by atoms with Crippen LogP contribution in [0, 0.1) is 0 Å². The minimum Gasteiger partial charge on any atom is -0.395 e. The van der Waals surface area contributed by atoms with Gasteiger partial charge in [0.15, 0.2) is 6.29 Å². The fourth-order valence-electron chi connectivity index (χ4n) is 2.65. The normalized spacial score (nSPS) is 21.5. The van der Waals surface area contributed by atoms with E-state index in [0.29, 0.717) is 29.6 Å². The summed E-state index contributed by atoms with van der Waals surface area (Å²) in [5.74, 6) is 0. The highest BCUT2D eigenvalue weighted by molar-refractivity contribution is 6.42. The Hall–Kier alpha value is -0.360. The van der Waals surface area contributed by atoms with Crippen molar-refractivity contribution in [2.75, 3.05) is 26.4 Å². The first kappa shape index (κ1) is 18.0. The third-order valence-electron chi connectivity index (χ3n) is 4.25. The summed E-state index contributed by atoms with van der Waals surface area (Å²) in [6.45, 7) is 1.45. The molecule has 1 saturated heterocycles. The number of nitrogens with two attached hydrogens (primary N) is 1. The zero-order valence-corrected chi connectivity index (χ0v) is 14.1. The molecule has 0 radical (unpaired) electrons. The van der Waals surface area contributed by atoms with E-state index in [1.807, 2.05) is 6.07 Å². The molecule has 0 amide bonds. The molecule has 0 bridgehead atoms. The van der Waals surface area contributed by atoms with Gasteiger partial charge in [0.1, 0.15) is 0 Å². The van der Waals surface area contributed by atoms with Crippen molar-refractivity contribution >= 4 is 23.2 Å². The minimum absolute atomic E-state index is 0.0731. The molecule has 6 heteroatoms. The molecule has 2 rings (SSSR count). The zero-order valence-electron chi connectivity index (χ0n) is 12.6. The fourth-order valence-corrected chi connectivity index (χ4v) is 2.95. The number of hydrogen-bond acceptors (Lipinski definition) is 4. The van der Waals surface area contributed by atoms with E-state index in [-0.39, 0.29) is 12.9 Å². The highest BCUT2D eigenvalue weighted by atomic mass is 35.5. The zero-order chi connectivity index (χ0) is 16.0. The van der Waals surface area contributed by atoms with E-state index in [4.69, 9.17) is 38.4 Å². The van der Waals surface area contributed by atoms with Crippen molar-refractivity contribution in [3.8, 4) is 0 Å². The summed E-state index contributed by atoms with van der Waals surface area (Å²) in [5.41, 5.74) is 6.23. The summed E-state index contributed by atoms with van der Waals surface area (Å²) in [6, 6.07) is 5.35. The lowest BCUT2D eigenvalue weighted by Crippen LogP contribution is -2.40. The quantitative estimate of drug-likeness (QED) is 0.795. The van der Waals surface area contributed by atoms with Crippen LogP contribution < -0.4 is 5.73 Å². The van der Waals surface area contributed by atoms with Gasteiger partial charge in [-0.3, -0.25) is 0 Å². The monoisotopic (exact) mass is 347 g/mol. The van der Waals surface area contributed by atoms with E-state index in [0.717, 1.165) is 31.4 Å². The molecular weight excluding hydrogens is 325 g/mol. The number of aliphatic hydroxyl groups excluding tert-OH is 1. The Balaban J connectivity index is 2.01. The summed E-state index contributed by atoms with van der Waals surface area (Å²) in [5, 5.41) is 10.8. The van der Waals surface area contributed by atoms with E-state index in [9.17, 15) is 5.11 Å². The summed E-state index contributed by atoms with van der Waals surface area (Å²) in [6.07, 6.45) is 3.59. The Morgan fingerprint density at radius 1 is 1.32 bits per heavy atom. The summed E-state index contributed by atoms with van der Waals surface area (Å²) in [7, 11) is 0. The van der Waals surface area contributed by atoms with Crippen LogP contribution in [0.5, 0.6) is 0 Å². The molecule has 0 saturated carbocycles. The van der Waals surface area contributed by atoms with E-state index >= 15 is 0 Å². The first-order chi connectivity index (χ1) is 10.6. The molecule has 4 nitrogen and oxygen atoms in total. The van der Waals surface area contributed by atoms with Crippen LogP contribution >= 0.6 is 23.2 Å². The lowest BCUT2D eigenvalue weighted by atomic mass is 9.78. The lowest BCUT2D eigenvalue weighted by Gasteiger charge is -2.32. The van der Waals surface area contributed by atoms with E-state index in [2.05, 4.69) is 0 Å². The molecule has 1 aromatic rings. The van der Waals surface area contributed by atoms with Crippen molar-refractivity contribution in [1.82, 2.24) is 0 Å². The first-order valence-corrected chi connectivity index (χ1v) is 8.36. The third-order valence-corrected chi connectivity index (χ3v) is 4.99. The minimum atomic E-state index is -0.580. The molecule has 1 heterocycles. The molecule has 124 valence electrons. The molecule has 3 N–H and O–H groups in total. The van der Waals surface area contributed by atoms with Crippen LogP contribution in [-0.2, 0) is 14.9 Å². The lowest BCUT2D eigenvalue weighted by molar-refractivity contribution is -0.165. The number of aliphatic hydroxyl groups is 1. The van der Waals surface area contributed by atoms with E-state index < -0.39 is 5.41 Å². The maximum atomic E-state index is 9.88. The van der Waals surface area contributed by atoms with Crippen LogP contribution in [0.2, 0.25) is 10.0 Å². The maximum absolute atomic E-state index is 9.88. The van der Waals surface area contributed by atoms with Crippen LogP contribution in [0.15, 0.2) is 18.2 Å². The summed E-state index contributed by atoms with van der Waals surface area (Å²) >= 11 is 12.0. The molecule has 1 aromatic carbocycles. The van der Waals surface area contributed by atoms with Gasteiger partial charge in [0.25, 0.3) is 0 Å². The Morgan fingerprint density at radius 2 is 2.14 bits per heavy atom. The number of benzene rings is 1. The van der Waals surface area contributed by atoms with Crippen molar-refractivity contribution in [3.63, 3.8) is 0 Å². The predicted octanol–water partition coefficient (Wildman–Crippen LogP) is 3.12. The SMILES string of the molecule is NCC(CO)(CCOC1CCCCO1)c1ccc(Cl)c(Cl)c1. The van der Waals surface area contributed by atoms with Crippen LogP contribution in [-0.4, -0.2) is 37.8 Å². The summed E-state index contributed by atoms with van der Waals surface area (Å²) in [4.78, 5) is 0. The highest BCUT2D eigenvalue weighted by Gasteiger charge is 2.31. The summed E-state index contributed by atoms with van der Waals surface area (Å²) < 4.78 is 11.3. The molecule has 2 atom stereocenters. The standard InChI is InChI=1S/C16H23Cl2NO3/c17-13-5-4-12(9-14(13)18)16(10-19,11-20)6-8-22-15-3-1-2-7-21-15/h4-5,9,15,20H,1-3,6-8,10-11,19H2. The first-order valence-electron chi connectivity index (χ1n) is 7.61. The molecule has 1 aliphatic heterocycles. The molecule has 1 aliphatic rings. The van der Waals surface area contributed by atoms with Crippen molar-refractivity contribution in [2.24, 2.45) is 5.73 Å². The van der Waals surface area contributed by atoms with Gasteiger partial charge in [-0.1, -0.05) is 29.3 Å². The second-order valence-corrected chi connectivity index (χ2v) is 6.50. The number of rotatable bonds is 7. The van der Waals surface area contributed by atoms with Crippen molar-refractivity contribution in [3.05, 3.63) is 33.8 Å². The number of hydrogen-bond donors (Lipinski definition) is 2. The molecule has 2 unspecified atom stereocenters. The Morgan fingerprint density at radius 3 is 2.73 bits per heavy atom. The van der Waals surface area contributed by atoms with Gasteiger partial charge < -0.3 is 20.3 Å². The van der Waals surface area contributed by atoms with Gasteiger partial charge in [-0.2, -0.15) is 0 Å². The van der Waals surface area contributed by atoms with Crippen LogP contribution in [0.4, 0.5) is 0 Å². The van der Waals surface area contributed by atoms with Crippen molar-refractivity contribution < 1.29 is 14.6 Å².